The molecule has 1 aromatic rings. The van der Waals surface area contributed by atoms with Gasteiger partial charge >= 0.3 is 5.97 Å². The summed E-state index contributed by atoms with van der Waals surface area (Å²) in [5.41, 5.74) is 1.05. The van der Waals surface area contributed by atoms with Gasteiger partial charge in [0.05, 0.1) is 6.61 Å². The standard InChI is InChI=1S/C15H21NO4/c1-4-12-8-6-7-9-13(12)20-11-14(17)16(3)10-15(18)19-5-2/h6-9H,4-5,10-11H2,1-3H3. The molecule has 0 bridgehead atoms. The van der Waals surface area contributed by atoms with Crippen LogP contribution in [0.3, 0.4) is 0 Å². The van der Waals surface area contributed by atoms with Gasteiger partial charge in [-0.1, -0.05) is 25.1 Å². The van der Waals surface area contributed by atoms with E-state index < -0.39 is 5.97 Å². The van der Waals surface area contributed by atoms with Crippen molar-refractivity contribution < 1.29 is 19.1 Å². The zero-order valence-electron chi connectivity index (χ0n) is 12.2. The lowest BCUT2D eigenvalue weighted by Crippen LogP contribution is -2.36. The van der Waals surface area contributed by atoms with Gasteiger partial charge in [0.25, 0.3) is 5.91 Å². The van der Waals surface area contributed by atoms with E-state index in [1.54, 1.807) is 14.0 Å². The lowest BCUT2D eigenvalue weighted by Gasteiger charge is -2.17. The van der Waals surface area contributed by atoms with Crippen molar-refractivity contribution in [2.24, 2.45) is 0 Å². The van der Waals surface area contributed by atoms with E-state index in [-0.39, 0.29) is 19.1 Å². The minimum absolute atomic E-state index is 0.0640. The van der Waals surface area contributed by atoms with E-state index in [1.807, 2.05) is 31.2 Å². The van der Waals surface area contributed by atoms with E-state index in [9.17, 15) is 9.59 Å². The third-order valence-corrected chi connectivity index (χ3v) is 2.80. The highest BCUT2D eigenvalue weighted by Crippen LogP contribution is 2.18. The molecule has 0 N–H and O–H groups in total. The lowest BCUT2D eigenvalue weighted by atomic mass is 10.1. The van der Waals surface area contributed by atoms with Gasteiger partial charge in [0.2, 0.25) is 0 Å². The first-order valence-electron chi connectivity index (χ1n) is 6.68. The highest BCUT2D eigenvalue weighted by molar-refractivity contribution is 5.82. The molecule has 0 spiro atoms. The second kappa shape index (κ2) is 8.19. The van der Waals surface area contributed by atoms with Gasteiger partial charge in [0.15, 0.2) is 6.61 Å². The summed E-state index contributed by atoms with van der Waals surface area (Å²) in [5, 5.41) is 0. The van der Waals surface area contributed by atoms with Crippen LogP contribution in [0.5, 0.6) is 5.75 Å². The van der Waals surface area contributed by atoms with Crippen LogP contribution < -0.4 is 4.74 Å². The predicted octanol–water partition coefficient (Wildman–Crippen LogP) is 1.65. The summed E-state index contributed by atoms with van der Waals surface area (Å²) >= 11 is 0. The van der Waals surface area contributed by atoms with Gasteiger partial charge < -0.3 is 14.4 Å². The second-order valence-corrected chi connectivity index (χ2v) is 4.30. The zero-order chi connectivity index (χ0) is 15.0. The number of rotatable bonds is 7. The maximum absolute atomic E-state index is 11.8. The van der Waals surface area contributed by atoms with Crippen LogP contribution in [-0.4, -0.2) is 43.6 Å². The van der Waals surface area contributed by atoms with E-state index in [0.29, 0.717) is 12.4 Å². The van der Waals surface area contributed by atoms with Crippen molar-refractivity contribution in [1.29, 1.82) is 0 Å². The summed E-state index contributed by atoms with van der Waals surface area (Å²) < 4.78 is 10.3. The highest BCUT2D eigenvalue weighted by Gasteiger charge is 2.14. The minimum atomic E-state index is -0.419. The van der Waals surface area contributed by atoms with Crippen LogP contribution in [0.1, 0.15) is 19.4 Å². The molecule has 0 unspecified atom stereocenters. The summed E-state index contributed by atoms with van der Waals surface area (Å²) in [5.74, 6) is 0.0224. The van der Waals surface area contributed by atoms with Gasteiger partial charge in [-0.25, -0.2) is 0 Å². The summed E-state index contributed by atoms with van der Waals surface area (Å²) in [6.45, 7) is 3.90. The van der Waals surface area contributed by atoms with E-state index in [1.165, 1.54) is 4.90 Å². The van der Waals surface area contributed by atoms with Crippen LogP contribution >= 0.6 is 0 Å². The molecule has 0 saturated carbocycles. The van der Waals surface area contributed by atoms with Gasteiger partial charge in [0, 0.05) is 7.05 Å². The predicted molar refractivity (Wildman–Crippen MR) is 75.6 cm³/mol. The number of para-hydroxylation sites is 1. The Kier molecular flexibility index (Phi) is 6.56. The first-order chi connectivity index (χ1) is 9.58. The fourth-order valence-electron chi connectivity index (χ4n) is 1.67. The first kappa shape index (κ1) is 16.0. The lowest BCUT2D eigenvalue weighted by molar-refractivity contribution is -0.148. The summed E-state index contributed by atoms with van der Waals surface area (Å²) in [4.78, 5) is 24.4. The first-order valence-corrected chi connectivity index (χ1v) is 6.68. The average Bonchev–Trinajstić information content (AvgIpc) is 2.45. The monoisotopic (exact) mass is 279 g/mol. The van der Waals surface area contributed by atoms with Crippen molar-refractivity contribution in [1.82, 2.24) is 4.90 Å². The van der Waals surface area contributed by atoms with Gasteiger partial charge in [0.1, 0.15) is 12.3 Å². The molecule has 0 fully saturated rings. The Morgan fingerprint density at radius 3 is 2.55 bits per heavy atom. The normalized spacial score (nSPS) is 9.95. The Balaban J connectivity index is 2.48. The molecule has 0 aromatic heterocycles. The number of aryl methyl sites for hydroxylation is 1. The molecule has 0 radical (unpaired) electrons. The van der Waals surface area contributed by atoms with Crippen molar-refractivity contribution in [2.75, 3.05) is 26.8 Å². The number of amides is 1. The number of hydrogen-bond donors (Lipinski definition) is 0. The maximum Gasteiger partial charge on any atom is 0.325 e. The number of benzene rings is 1. The molecule has 0 heterocycles. The van der Waals surface area contributed by atoms with Crippen LogP contribution in [0.2, 0.25) is 0 Å². The number of likely N-dealkylation sites (N-methyl/N-ethyl adjacent to an activating group) is 1. The molecular weight excluding hydrogens is 258 g/mol. The minimum Gasteiger partial charge on any atom is -0.483 e. The molecule has 5 heteroatoms. The molecule has 1 aromatic carbocycles. The zero-order valence-corrected chi connectivity index (χ0v) is 12.2. The smallest absolute Gasteiger partial charge is 0.325 e. The number of esters is 1. The van der Waals surface area contributed by atoms with Crippen molar-refractivity contribution >= 4 is 11.9 Å². The molecule has 5 nitrogen and oxygen atoms in total. The molecule has 0 aliphatic carbocycles. The quantitative estimate of drug-likeness (QED) is 0.712. The molecule has 20 heavy (non-hydrogen) atoms. The van der Waals surface area contributed by atoms with Crippen LogP contribution in [0.4, 0.5) is 0 Å². The van der Waals surface area contributed by atoms with Gasteiger partial charge in [-0.2, -0.15) is 0 Å². The van der Waals surface area contributed by atoms with E-state index in [4.69, 9.17) is 9.47 Å². The molecule has 0 aliphatic heterocycles. The summed E-state index contributed by atoms with van der Waals surface area (Å²) in [6.07, 6.45) is 0.836. The number of carbonyl (C=O) groups excluding carboxylic acids is 2. The van der Waals surface area contributed by atoms with Crippen molar-refractivity contribution in [3.8, 4) is 5.75 Å². The number of ether oxygens (including phenoxy) is 2. The van der Waals surface area contributed by atoms with Crippen molar-refractivity contribution in [2.45, 2.75) is 20.3 Å². The Bertz CT molecular complexity index is 459. The maximum atomic E-state index is 11.8. The number of nitrogens with zero attached hydrogens (tertiary/aromatic N) is 1. The van der Waals surface area contributed by atoms with Gasteiger partial charge in [-0.3, -0.25) is 9.59 Å². The molecule has 0 aliphatic rings. The van der Waals surface area contributed by atoms with Crippen LogP contribution in [0, 0.1) is 0 Å². The molecule has 0 atom stereocenters. The Morgan fingerprint density at radius 1 is 1.20 bits per heavy atom. The van der Waals surface area contributed by atoms with E-state index in [2.05, 4.69) is 0 Å². The SMILES string of the molecule is CCOC(=O)CN(C)C(=O)COc1ccccc1CC. The number of hydrogen-bond acceptors (Lipinski definition) is 4. The summed E-state index contributed by atoms with van der Waals surface area (Å²) in [6, 6.07) is 7.58. The molecule has 110 valence electrons. The Morgan fingerprint density at radius 2 is 1.90 bits per heavy atom. The van der Waals surface area contributed by atoms with Crippen molar-refractivity contribution in [3.63, 3.8) is 0 Å². The summed E-state index contributed by atoms with van der Waals surface area (Å²) in [7, 11) is 1.55. The highest BCUT2D eigenvalue weighted by atomic mass is 16.5. The van der Waals surface area contributed by atoms with Gasteiger partial charge in [-0.05, 0) is 25.0 Å². The third-order valence-electron chi connectivity index (χ3n) is 2.80. The average molecular weight is 279 g/mol. The van der Waals surface area contributed by atoms with Crippen LogP contribution in [0.25, 0.3) is 0 Å². The van der Waals surface area contributed by atoms with Crippen molar-refractivity contribution in [3.05, 3.63) is 29.8 Å². The second-order valence-electron chi connectivity index (χ2n) is 4.30. The Labute approximate surface area is 119 Å². The van der Waals surface area contributed by atoms with Crippen LogP contribution in [0.15, 0.2) is 24.3 Å². The number of carbonyl (C=O) groups is 2. The molecule has 1 amide bonds. The molecular formula is C15H21NO4. The third kappa shape index (κ3) is 4.91. The largest absolute Gasteiger partial charge is 0.483 e. The van der Waals surface area contributed by atoms with E-state index in [0.717, 1.165) is 12.0 Å². The fraction of sp³-hybridized carbons (Fsp3) is 0.467. The topological polar surface area (TPSA) is 55.8 Å². The fourth-order valence-corrected chi connectivity index (χ4v) is 1.67. The Hall–Kier alpha value is -2.04. The molecule has 1 rings (SSSR count). The molecule has 0 saturated heterocycles. The van der Waals surface area contributed by atoms with Crippen LogP contribution in [-0.2, 0) is 20.7 Å². The van der Waals surface area contributed by atoms with E-state index >= 15 is 0 Å². The van der Waals surface area contributed by atoms with Gasteiger partial charge in [-0.15, -0.1) is 0 Å².